The van der Waals surface area contributed by atoms with Crippen LogP contribution in [0.3, 0.4) is 0 Å². The van der Waals surface area contributed by atoms with Crippen molar-refractivity contribution in [2.75, 3.05) is 6.61 Å². The Hall–Kier alpha value is -2.04. The summed E-state index contributed by atoms with van der Waals surface area (Å²) in [6.07, 6.45) is 1.03. The predicted molar refractivity (Wildman–Crippen MR) is 92.1 cm³/mol. The van der Waals surface area contributed by atoms with E-state index < -0.39 is 11.4 Å². The Labute approximate surface area is 143 Å². The Kier molecular flexibility index (Phi) is 5.52. The molecular weight excluding hydrogens is 306 g/mol. The van der Waals surface area contributed by atoms with Gasteiger partial charge < -0.3 is 15.2 Å². The van der Waals surface area contributed by atoms with Gasteiger partial charge in [0.15, 0.2) is 0 Å². The second kappa shape index (κ2) is 7.24. The van der Waals surface area contributed by atoms with Gasteiger partial charge in [0.05, 0.1) is 17.9 Å². The largest absolute Gasteiger partial charge is 0.493 e. The van der Waals surface area contributed by atoms with Crippen LogP contribution in [0, 0.1) is 11.8 Å². The van der Waals surface area contributed by atoms with Gasteiger partial charge in [0.25, 0.3) is 0 Å². The Morgan fingerprint density at radius 1 is 1.25 bits per heavy atom. The summed E-state index contributed by atoms with van der Waals surface area (Å²) in [7, 11) is 0. The molecule has 2 rings (SSSR count). The fourth-order valence-electron chi connectivity index (χ4n) is 2.66. The van der Waals surface area contributed by atoms with E-state index in [0.717, 1.165) is 11.3 Å². The summed E-state index contributed by atoms with van der Waals surface area (Å²) in [6.45, 7) is 8.60. The third kappa shape index (κ3) is 4.28. The van der Waals surface area contributed by atoms with Crippen LogP contribution in [0.2, 0.25) is 0 Å². The van der Waals surface area contributed by atoms with E-state index in [2.05, 4.69) is 19.2 Å². The molecule has 0 atom stereocenters. The number of aliphatic carboxylic acids is 1. The molecule has 5 heteroatoms. The molecule has 24 heavy (non-hydrogen) atoms. The van der Waals surface area contributed by atoms with Gasteiger partial charge >= 0.3 is 5.97 Å². The molecule has 1 saturated carbocycles. The quantitative estimate of drug-likeness (QED) is 0.804. The Bertz CT molecular complexity index is 586. The van der Waals surface area contributed by atoms with Crippen molar-refractivity contribution in [1.82, 2.24) is 5.32 Å². The molecule has 1 aromatic rings. The molecule has 1 aliphatic carbocycles. The van der Waals surface area contributed by atoms with E-state index in [4.69, 9.17) is 9.84 Å². The lowest BCUT2D eigenvalue weighted by atomic mass is 9.78. The first kappa shape index (κ1) is 18.3. The molecule has 132 valence electrons. The van der Waals surface area contributed by atoms with Gasteiger partial charge in [-0.1, -0.05) is 26.0 Å². The zero-order chi connectivity index (χ0) is 17.9. The first-order valence-electron chi connectivity index (χ1n) is 8.47. The average Bonchev–Trinajstić information content (AvgIpc) is 2.48. The first-order chi connectivity index (χ1) is 11.2. The minimum atomic E-state index is -0.781. The zero-order valence-corrected chi connectivity index (χ0v) is 14.8. The molecule has 1 fully saturated rings. The lowest BCUT2D eigenvalue weighted by Gasteiger charge is -2.35. The summed E-state index contributed by atoms with van der Waals surface area (Å²) in [6, 6.07) is 7.56. The lowest BCUT2D eigenvalue weighted by Crippen LogP contribution is -2.51. The van der Waals surface area contributed by atoms with E-state index >= 15 is 0 Å². The molecule has 1 aromatic carbocycles. The van der Waals surface area contributed by atoms with Crippen LogP contribution in [-0.2, 0) is 15.0 Å². The lowest BCUT2D eigenvalue weighted by molar-refractivity contribution is -0.146. The van der Waals surface area contributed by atoms with Crippen molar-refractivity contribution in [1.29, 1.82) is 0 Å². The average molecular weight is 333 g/mol. The molecule has 0 aromatic heterocycles. The van der Waals surface area contributed by atoms with Crippen LogP contribution in [0.4, 0.5) is 0 Å². The van der Waals surface area contributed by atoms with Crippen LogP contribution >= 0.6 is 0 Å². The molecule has 1 aliphatic rings. The maximum absolute atomic E-state index is 12.6. The molecule has 1 amide bonds. The van der Waals surface area contributed by atoms with Gasteiger partial charge in [-0.25, -0.2) is 0 Å². The third-order valence-corrected chi connectivity index (χ3v) is 4.55. The van der Waals surface area contributed by atoms with Gasteiger partial charge in [-0.2, -0.15) is 0 Å². The van der Waals surface area contributed by atoms with Crippen molar-refractivity contribution >= 4 is 11.9 Å². The predicted octanol–water partition coefficient (Wildman–Crippen LogP) is 2.98. The number of ether oxygens (including phenoxy) is 1. The highest BCUT2D eigenvalue weighted by molar-refractivity contribution is 5.88. The van der Waals surface area contributed by atoms with Crippen molar-refractivity contribution < 1.29 is 19.4 Å². The van der Waals surface area contributed by atoms with Crippen molar-refractivity contribution in [3.63, 3.8) is 0 Å². The molecule has 0 unspecified atom stereocenters. The SMILES string of the molecule is CC(C)COc1ccc(C(C)(C)C(=O)NC2CC(C(=O)O)C2)cc1. The highest BCUT2D eigenvalue weighted by atomic mass is 16.5. The second-order valence-corrected chi connectivity index (χ2v) is 7.53. The summed E-state index contributed by atoms with van der Waals surface area (Å²) in [4.78, 5) is 23.4. The molecule has 0 bridgehead atoms. The van der Waals surface area contributed by atoms with Gasteiger partial charge in [0.1, 0.15) is 5.75 Å². The van der Waals surface area contributed by atoms with Crippen molar-refractivity contribution in [3.05, 3.63) is 29.8 Å². The van der Waals surface area contributed by atoms with Crippen LogP contribution in [0.15, 0.2) is 24.3 Å². The molecular formula is C19H27NO4. The number of hydrogen-bond donors (Lipinski definition) is 2. The Morgan fingerprint density at radius 3 is 2.33 bits per heavy atom. The summed E-state index contributed by atoms with van der Waals surface area (Å²) < 4.78 is 5.66. The monoisotopic (exact) mass is 333 g/mol. The van der Waals surface area contributed by atoms with Gasteiger partial charge in [-0.15, -0.1) is 0 Å². The summed E-state index contributed by atoms with van der Waals surface area (Å²) in [5.41, 5.74) is 0.233. The highest BCUT2D eigenvalue weighted by Crippen LogP contribution is 2.30. The highest BCUT2D eigenvalue weighted by Gasteiger charge is 2.38. The van der Waals surface area contributed by atoms with Gasteiger partial charge in [-0.3, -0.25) is 9.59 Å². The number of carbonyl (C=O) groups excluding carboxylic acids is 1. The number of carbonyl (C=O) groups is 2. The molecule has 0 aliphatic heterocycles. The molecule has 2 N–H and O–H groups in total. The fourth-order valence-corrected chi connectivity index (χ4v) is 2.66. The van der Waals surface area contributed by atoms with Crippen molar-refractivity contribution in [2.24, 2.45) is 11.8 Å². The Balaban J connectivity index is 1.93. The van der Waals surface area contributed by atoms with Gasteiger partial charge in [-0.05, 0) is 50.3 Å². The maximum atomic E-state index is 12.6. The maximum Gasteiger partial charge on any atom is 0.306 e. The molecule has 0 saturated heterocycles. The smallest absolute Gasteiger partial charge is 0.306 e. The van der Waals surface area contributed by atoms with E-state index in [-0.39, 0.29) is 17.9 Å². The molecule has 0 heterocycles. The Morgan fingerprint density at radius 2 is 1.83 bits per heavy atom. The number of nitrogens with one attached hydrogen (secondary N) is 1. The molecule has 5 nitrogen and oxygen atoms in total. The van der Waals surface area contributed by atoms with E-state index in [1.165, 1.54) is 0 Å². The number of amides is 1. The van der Waals surface area contributed by atoms with Crippen LogP contribution < -0.4 is 10.1 Å². The topological polar surface area (TPSA) is 75.6 Å². The van der Waals surface area contributed by atoms with Gasteiger partial charge in [0.2, 0.25) is 5.91 Å². The summed E-state index contributed by atoms with van der Waals surface area (Å²) in [5.74, 6) is 0.0793. The van der Waals surface area contributed by atoms with E-state index in [9.17, 15) is 9.59 Å². The van der Waals surface area contributed by atoms with Crippen molar-refractivity contribution in [3.8, 4) is 5.75 Å². The van der Waals surface area contributed by atoms with E-state index in [1.54, 1.807) is 0 Å². The fraction of sp³-hybridized carbons (Fsp3) is 0.579. The summed E-state index contributed by atoms with van der Waals surface area (Å²) in [5, 5.41) is 11.9. The van der Waals surface area contributed by atoms with Gasteiger partial charge in [0, 0.05) is 6.04 Å². The summed E-state index contributed by atoms with van der Waals surface area (Å²) >= 11 is 0. The van der Waals surface area contributed by atoms with E-state index in [1.807, 2.05) is 38.1 Å². The minimum Gasteiger partial charge on any atom is -0.493 e. The van der Waals surface area contributed by atoms with Crippen LogP contribution in [0.1, 0.15) is 46.1 Å². The molecule has 0 spiro atoms. The minimum absolute atomic E-state index is 0.0356. The number of carboxylic acid groups (broad SMARTS) is 1. The van der Waals surface area contributed by atoms with Crippen LogP contribution in [0.5, 0.6) is 5.75 Å². The second-order valence-electron chi connectivity index (χ2n) is 7.53. The van der Waals surface area contributed by atoms with E-state index in [0.29, 0.717) is 25.4 Å². The normalized spacial score (nSPS) is 20.4. The van der Waals surface area contributed by atoms with Crippen molar-refractivity contribution in [2.45, 2.75) is 52.0 Å². The number of carboxylic acids is 1. The standard InChI is InChI=1S/C19H27NO4/c1-12(2)11-24-16-7-5-14(6-8-16)19(3,4)18(23)20-15-9-13(10-15)17(21)22/h5-8,12-13,15H,9-11H2,1-4H3,(H,20,23)(H,21,22). The number of benzene rings is 1. The zero-order valence-electron chi connectivity index (χ0n) is 14.8. The first-order valence-corrected chi connectivity index (χ1v) is 8.47. The number of hydrogen-bond acceptors (Lipinski definition) is 3. The molecule has 0 radical (unpaired) electrons. The van der Waals surface area contributed by atoms with Crippen LogP contribution in [-0.4, -0.2) is 29.6 Å². The third-order valence-electron chi connectivity index (χ3n) is 4.55. The number of rotatable bonds is 7. The van der Waals surface area contributed by atoms with Crippen LogP contribution in [0.25, 0.3) is 0 Å².